The summed E-state index contributed by atoms with van der Waals surface area (Å²) in [6, 6.07) is 6.58. The third-order valence-corrected chi connectivity index (χ3v) is 13.4. The van der Waals surface area contributed by atoms with Gasteiger partial charge in [-0.15, -0.1) is 0 Å². The lowest BCUT2D eigenvalue weighted by atomic mass is 9.44. The lowest BCUT2D eigenvalue weighted by Crippen LogP contribution is -2.82. The first-order chi connectivity index (χ1) is 27.6. The molecule has 0 radical (unpaired) electrons. The molecule has 16 heteroatoms. The van der Waals surface area contributed by atoms with Gasteiger partial charge in [0.2, 0.25) is 0 Å². The molecule has 1 aromatic rings. The molecule has 4 N–H and O–H groups in total. The number of nitrogens with one attached hydrogen (secondary N) is 1. The minimum absolute atomic E-state index is 0.000709. The van der Waals surface area contributed by atoms with E-state index in [9.17, 15) is 39.3 Å². The molecule has 2 bridgehead atoms. The number of amides is 1. The molecule has 0 aromatic heterocycles. The molecule has 2 saturated carbocycles. The van der Waals surface area contributed by atoms with Crippen molar-refractivity contribution >= 4 is 35.8 Å². The van der Waals surface area contributed by atoms with E-state index in [1.165, 1.54) is 26.0 Å². The van der Waals surface area contributed by atoms with Gasteiger partial charge in [-0.3, -0.25) is 14.4 Å². The van der Waals surface area contributed by atoms with Gasteiger partial charge in [-0.05, 0) is 62.8 Å². The van der Waals surface area contributed by atoms with E-state index in [4.69, 9.17) is 28.4 Å². The predicted molar refractivity (Wildman–Crippen MR) is 212 cm³/mol. The lowest BCUT2D eigenvalue weighted by molar-refractivity contribution is -0.346. The molecule has 332 valence electrons. The SMILES string of the molecule is CCC(C)(C)OC(=O)N[C@H]([C@@H](O)C(=O)O[C@H]1C[C@@]2(O)[C@@H](OC(=O)c3ccccc3)[C@@H]3[C@]4(OC(C)=O)CO[C@@H]4C[C@H](O)[C@@]3(C)C(=O)[C@H](OC(C)=O)C(=C1C)C2(C)C)C(C)(C)C. The number of esters is 4. The molecular formula is C44H61NO15. The standard InChI is InChI=1S/C44H61NO15/c1-13-40(8,9)60-38(53)45-33(39(5,6)7)30(49)37(52)57-26-20-44(54)35(58-36(51)25-17-15-14-16-18-25)32-42(12,27(48)19-28-43(32,21-55-28)59-24(4)47)34(50)31(56-23(3)46)29(22(26)2)41(44,10)11/h14-18,26-28,30-33,35,48-49,54H,13,19-21H2,1-12H3,(H,45,53)/t26-,27-,28+,30+,31+,32-,33+,35-,42+,43-,44+/m0/s1. The largest absolute Gasteiger partial charge is 0.456 e. The van der Waals surface area contributed by atoms with Crippen LogP contribution in [0.3, 0.4) is 0 Å². The zero-order chi connectivity index (χ0) is 45.1. The Morgan fingerprint density at radius 2 is 1.58 bits per heavy atom. The number of alkyl carbamates (subject to hydrolysis) is 1. The third kappa shape index (κ3) is 7.95. The van der Waals surface area contributed by atoms with Gasteiger partial charge in [0.1, 0.15) is 29.5 Å². The summed E-state index contributed by atoms with van der Waals surface area (Å²) in [5.74, 6) is -6.22. The zero-order valence-corrected chi connectivity index (χ0v) is 36.6. The molecule has 11 atom stereocenters. The van der Waals surface area contributed by atoms with E-state index in [-0.39, 0.29) is 29.7 Å². The van der Waals surface area contributed by atoms with Crippen LogP contribution in [0.15, 0.2) is 41.5 Å². The highest BCUT2D eigenvalue weighted by molar-refractivity contribution is 5.95. The van der Waals surface area contributed by atoms with E-state index >= 15 is 4.79 Å². The Hall–Kier alpha value is -4.38. The highest BCUT2D eigenvalue weighted by atomic mass is 16.6. The second-order valence-corrected chi connectivity index (χ2v) is 19.1. The molecule has 1 saturated heterocycles. The Bertz CT molecular complexity index is 1920. The summed E-state index contributed by atoms with van der Waals surface area (Å²) in [6.45, 7) is 18.3. The third-order valence-electron chi connectivity index (χ3n) is 13.4. The number of aliphatic hydroxyl groups excluding tert-OH is 2. The van der Waals surface area contributed by atoms with Gasteiger partial charge in [0.15, 0.2) is 23.6 Å². The van der Waals surface area contributed by atoms with Crippen molar-refractivity contribution in [3.63, 3.8) is 0 Å². The van der Waals surface area contributed by atoms with Crippen molar-refractivity contribution < 1.29 is 72.5 Å². The van der Waals surface area contributed by atoms with E-state index < -0.39 is 124 Å². The molecule has 0 unspecified atom stereocenters. The van der Waals surface area contributed by atoms with Gasteiger partial charge in [0.25, 0.3) is 0 Å². The molecule has 1 heterocycles. The van der Waals surface area contributed by atoms with Crippen LogP contribution in [-0.2, 0) is 47.6 Å². The first kappa shape index (κ1) is 46.7. The quantitative estimate of drug-likeness (QED) is 0.149. The Morgan fingerprint density at radius 3 is 2.10 bits per heavy atom. The summed E-state index contributed by atoms with van der Waals surface area (Å²) in [6.07, 6.45) is -10.8. The number of hydrogen-bond donors (Lipinski definition) is 4. The second-order valence-electron chi connectivity index (χ2n) is 19.1. The van der Waals surface area contributed by atoms with Crippen molar-refractivity contribution in [3.05, 3.63) is 47.0 Å². The summed E-state index contributed by atoms with van der Waals surface area (Å²) in [4.78, 5) is 82.7. The van der Waals surface area contributed by atoms with Crippen LogP contribution < -0.4 is 5.32 Å². The number of aliphatic hydroxyl groups is 3. The average Bonchev–Trinajstić information content (AvgIpc) is 3.14. The van der Waals surface area contributed by atoms with Crippen molar-refractivity contribution in [2.45, 2.75) is 162 Å². The van der Waals surface area contributed by atoms with E-state index in [1.807, 2.05) is 6.92 Å². The number of ether oxygens (including phenoxy) is 6. The molecule has 0 spiro atoms. The number of hydrogen-bond acceptors (Lipinski definition) is 15. The van der Waals surface area contributed by atoms with Gasteiger partial charge in [0.05, 0.1) is 35.6 Å². The fourth-order valence-electron chi connectivity index (χ4n) is 9.61. The maximum Gasteiger partial charge on any atom is 0.408 e. The first-order valence-electron chi connectivity index (χ1n) is 20.4. The number of fused-ring (bicyclic) bond motifs is 5. The smallest absolute Gasteiger partial charge is 0.408 e. The number of Topliss-reactive ketones (excluding diaryl/α,β-unsaturated/α-hetero) is 1. The molecule has 5 rings (SSSR count). The maximum absolute atomic E-state index is 15.4. The fraction of sp³-hybridized carbons (Fsp3) is 0.682. The summed E-state index contributed by atoms with van der Waals surface area (Å²) in [5.41, 5.74) is -9.40. The van der Waals surface area contributed by atoms with Crippen LogP contribution in [0.4, 0.5) is 4.79 Å². The first-order valence-corrected chi connectivity index (χ1v) is 20.4. The number of carbonyl (C=O) groups excluding carboxylic acids is 6. The fourth-order valence-corrected chi connectivity index (χ4v) is 9.61. The number of benzene rings is 1. The van der Waals surface area contributed by atoms with Crippen LogP contribution in [-0.4, -0.2) is 117 Å². The van der Waals surface area contributed by atoms with Crippen molar-refractivity contribution in [3.8, 4) is 0 Å². The molecule has 4 aliphatic rings. The van der Waals surface area contributed by atoms with Crippen LogP contribution in [0.2, 0.25) is 0 Å². The van der Waals surface area contributed by atoms with Crippen LogP contribution in [0, 0.1) is 22.2 Å². The molecular weight excluding hydrogens is 782 g/mol. The van der Waals surface area contributed by atoms with E-state index in [2.05, 4.69) is 5.32 Å². The van der Waals surface area contributed by atoms with Crippen LogP contribution in [0.5, 0.6) is 0 Å². The van der Waals surface area contributed by atoms with Crippen molar-refractivity contribution in [2.24, 2.45) is 22.2 Å². The number of carbonyl (C=O) groups is 6. The number of ketones is 1. The van der Waals surface area contributed by atoms with Crippen LogP contribution in [0.25, 0.3) is 0 Å². The van der Waals surface area contributed by atoms with Crippen molar-refractivity contribution in [1.82, 2.24) is 5.32 Å². The lowest BCUT2D eigenvalue weighted by Gasteiger charge is -2.67. The summed E-state index contributed by atoms with van der Waals surface area (Å²) in [7, 11) is 0. The minimum atomic E-state index is -2.38. The van der Waals surface area contributed by atoms with E-state index in [0.717, 1.165) is 13.8 Å². The summed E-state index contributed by atoms with van der Waals surface area (Å²) in [5, 5.41) is 39.9. The molecule has 1 amide bonds. The topological polar surface area (TPSA) is 231 Å². The monoisotopic (exact) mass is 843 g/mol. The highest BCUT2D eigenvalue weighted by Gasteiger charge is 2.78. The van der Waals surface area contributed by atoms with Crippen LogP contribution in [0.1, 0.15) is 113 Å². The van der Waals surface area contributed by atoms with Gasteiger partial charge in [-0.25, -0.2) is 14.4 Å². The molecule has 1 aliphatic heterocycles. The maximum atomic E-state index is 15.4. The Balaban J connectivity index is 1.72. The number of rotatable bonds is 10. The Morgan fingerprint density at radius 1 is 0.967 bits per heavy atom. The summed E-state index contributed by atoms with van der Waals surface area (Å²) < 4.78 is 35.7. The van der Waals surface area contributed by atoms with Gasteiger partial charge in [-0.2, -0.15) is 0 Å². The molecule has 1 aromatic carbocycles. The predicted octanol–water partition coefficient (Wildman–Crippen LogP) is 3.89. The zero-order valence-electron chi connectivity index (χ0n) is 36.6. The Kier molecular flexibility index (Phi) is 12.6. The van der Waals surface area contributed by atoms with E-state index in [0.29, 0.717) is 6.42 Å². The average molecular weight is 844 g/mol. The molecule has 16 nitrogen and oxygen atoms in total. The minimum Gasteiger partial charge on any atom is -0.456 e. The normalized spacial score (nSPS) is 33.2. The van der Waals surface area contributed by atoms with E-state index in [1.54, 1.807) is 66.7 Å². The van der Waals surface area contributed by atoms with Crippen LogP contribution >= 0.6 is 0 Å². The Labute approximate surface area is 350 Å². The van der Waals surface area contributed by atoms with Gasteiger partial charge >= 0.3 is 30.0 Å². The van der Waals surface area contributed by atoms with Crippen molar-refractivity contribution in [2.75, 3.05) is 6.61 Å². The second kappa shape index (κ2) is 16.1. The molecule has 3 aliphatic carbocycles. The van der Waals surface area contributed by atoms with Gasteiger partial charge in [-0.1, -0.05) is 59.7 Å². The summed E-state index contributed by atoms with van der Waals surface area (Å²) >= 11 is 0. The van der Waals surface area contributed by atoms with Crippen molar-refractivity contribution in [1.29, 1.82) is 0 Å². The van der Waals surface area contributed by atoms with Gasteiger partial charge in [0, 0.05) is 32.1 Å². The van der Waals surface area contributed by atoms with Gasteiger partial charge < -0.3 is 49.1 Å². The highest BCUT2D eigenvalue weighted by Crippen LogP contribution is 2.64. The molecule has 60 heavy (non-hydrogen) atoms. The molecule has 3 fully saturated rings.